The summed E-state index contributed by atoms with van der Waals surface area (Å²) in [5, 5.41) is 8.30. The highest BCUT2D eigenvalue weighted by Crippen LogP contribution is 2.52. The van der Waals surface area contributed by atoms with Gasteiger partial charge in [-0.25, -0.2) is 15.0 Å². The molecule has 0 spiro atoms. The van der Waals surface area contributed by atoms with Crippen molar-refractivity contribution in [3.05, 3.63) is 195 Å². The molecule has 6 heterocycles. The lowest BCUT2D eigenvalue weighted by atomic mass is 9.82. The Morgan fingerprint density at radius 3 is 1.92 bits per heavy atom. The van der Waals surface area contributed by atoms with Gasteiger partial charge in [-0.05, 0) is 76.5 Å². The quantitative estimate of drug-likeness (QED) is 0.128. The van der Waals surface area contributed by atoms with Crippen LogP contribution in [0.3, 0.4) is 0 Å². The molecule has 6 heteroatoms. The number of hydrogen-bond acceptors (Lipinski definition) is 6. The predicted molar refractivity (Wildman–Crippen MR) is 245 cm³/mol. The molecule has 6 nitrogen and oxygen atoms in total. The maximum atomic E-state index is 5.93. The highest BCUT2D eigenvalue weighted by atomic mass is 14.8. The summed E-state index contributed by atoms with van der Waals surface area (Å²) in [7, 11) is 0. The Kier molecular flexibility index (Phi) is 7.74. The lowest BCUT2D eigenvalue weighted by molar-refractivity contribution is 1.31. The van der Waals surface area contributed by atoms with E-state index in [1.807, 2.05) is 49.2 Å². The number of rotatable bonds is 5. The van der Waals surface area contributed by atoms with Crippen LogP contribution < -0.4 is 0 Å². The molecule has 0 amide bonds. The Balaban J connectivity index is 1.39. The highest BCUT2D eigenvalue weighted by Gasteiger charge is 2.29. The molecule has 60 heavy (non-hydrogen) atoms. The van der Waals surface area contributed by atoms with Crippen LogP contribution in [0.15, 0.2) is 195 Å². The molecular weight excluding hydrogens is 733 g/mol. The minimum Gasteiger partial charge on any atom is -0.265 e. The zero-order chi connectivity index (χ0) is 39.6. The van der Waals surface area contributed by atoms with Crippen molar-refractivity contribution in [1.29, 1.82) is 0 Å². The molecule has 0 N–H and O–H groups in total. The largest absolute Gasteiger partial charge is 0.265 e. The average molecular weight is 765 g/mol. The summed E-state index contributed by atoms with van der Waals surface area (Å²) < 4.78 is 0. The monoisotopic (exact) mass is 764 g/mol. The molecular formula is C54H32N6. The smallest absolute Gasteiger partial charge is 0.0817 e. The predicted octanol–water partition coefficient (Wildman–Crippen LogP) is 13.3. The van der Waals surface area contributed by atoms with E-state index in [0.717, 1.165) is 121 Å². The number of para-hydroxylation sites is 2. The van der Waals surface area contributed by atoms with Crippen LogP contribution in [0.1, 0.15) is 0 Å². The maximum absolute atomic E-state index is 5.93. The molecule has 0 aliphatic heterocycles. The lowest BCUT2D eigenvalue weighted by Crippen LogP contribution is -2.03. The molecule has 0 fully saturated rings. The van der Waals surface area contributed by atoms with Crippen LogP contribution in [-0.4, -0.2) is 29.9 Å². The van der Waals surface area contributed by atoms with Crippen molar-refractivity contribution in [3.63, 3.8) is 0 Å². The maximum Gasteiger partial charge on any atom is 0.0817 e. The molecule has 0 aliphatic carbocycles. The summed E-state index contributed by atoms with van der Waals surface area (Å²) in [6.45, 7) is 0. The van der Waals surface area contributed by atoms with Crippen LogP contribution in [0.2, 0.25) is 0 Å². The van der Waals surface area contributed by atoms with E-state index in [9.17, 15) is 0 Å². The van der Waals surface area contributed by atoms with Crippen LogP contribution in [0.25, 0.3) is 121 Å². The van der Waals surface area contributed by atoms with E-state index >= 15 is 0 Å². The lowest BCUT2D eigenvalue weighted by Gasteiger charge is -2.24. The minimum atomic E-state index is 0.805. The summed E-state index contributed by atoms with van der Waals surface area (Å²) in [5.41, 5.74) is 12.9. The van der Waals surface area contributed by atoms with Gasteiger partial charge in [-0.3, -0.25) is 15.0 Å². The van der Waals surface area contributed by atoms with E-state index in [2.05, 4.69) is 156 Å². The SMILES string of the molecule is c1cncc(-c2c(-c3ccncc3)c3c(-c4ccc5ccccc5n4)c(-c4nccc5ccccc45)c(-c4cccc5nc6ccccc6cc45)nc3c3ccccc23)c1. The topological polar surface area (TPSA) is 77.3 Å². The molecule has 6 aromatic carbocycles. The Hall–Kier alpha value is -8.22. The van der Waals surface area contributed by atoms with E-state index < -0.39 is 0 Å². The number of benzene rings is 6. The highest BCUT2D eigenvalue weighted by molar-refractivity contribution is 6.27. The van der Waals surface area contributed by atoms with Crippen molar-refractivity contribution in [2.75, 3.05) is 0 Å². The molecule has 278 valence electrons. The van der Waals surface area contributed by atoms with Crippen molar-refractivity contribution < 1.29 is 0 Å². The van der Waals surface area contributed by atoms with Gasteiger partial charge in [0.05, 0.1) is 39.1 Å². The van der Waals surface area contributed by atoms with Crippen LogP contribution in [0.4, 0.5) is 0 Å². The summed E-state index contributed by atoms with van der Waals surface area (Å²) >= 11 is 0. The third-order valence-corrected chi connectivity index (χ3v) is 11.6. The first-order valence-corrected chi connectivity index (χ1v) is 20.0. The fraction of sp³-hybridized carbons (Fsp3) is 0. The number of aromatic nitrogens is 6. The Morgan fingerprint density at radius 2 is 1.08 bits per heavy atom. The van der Waals surface area contributed by atoms with Crippen LogP contribution in [0, 0.1) is 0 Å². The van der Waals surface area contributed by atoms with Gasteiger partial charge in [-0.2, -0.15) is 0 Å². The molecule has 0 saturated carbocycles. The second kappa shape index (κ2) is 13.7. The fourth-order valence-electron chi connectivity index (χ4n) is 9.02. The summed E-state index contributed by atoms with van der Waals surface area (Å²) in [5.74, 6) is 0. The van der Waals surface area contributed by atoms with Crippen molar-refractivity contribution in [3.8, 4) is 56.0 Å². The zero-order valence-corrected chi connectivity index (χ0v) is 32.2. The first-order valence-electron chi connectivity index (χ1n) is 20.0. The Morgan fingerprint density at radius 1 is 0.350 bits per heavy atom. The molecule has 12 aromatic rings. The van der Waals surface area contributed by atoms with Gasteiger partial charge < -0.3 is 0 Å². The average Bonchev–Trinajstić information content (AvgIpc) is 3.32. The van der Waals surface area contributed by atoms with Gasteiger partial charge >= 0.3 is 0 Å². The summed E-state index contributed by atoms with van der Waals surface area (Å²) in [6.07, 6.45) is 9.41. The molecule has 6 aromatic heterocycles. The van der Waals surface area contributed by atoms with E-state index in [4.69, 9.17) is 19.9 Å². The normalized spacial score (nSPS) is 11.7. The van der Waals surface area contributed by atoms with Crippen molar-refractivity contribution in [1.82, 2.24) is 29.9 Å². The van der Waals surface area contributed by atoms with Gasteiger partial charge in [-0.1, -0.05) is 109 Å². The van der Waals surface area contributed by atoms with Crippen molar-refractivity contribution >= 4 is 65.2 Å². The van der Waals surface area contributed by atoms with E-state index in [0.29, 0.717) is 0 Å². The number of pyridine rings is 6. The number of nitrogens with zero attached hydrogens (tertiary/aromatic N) is 6. The standard InChI is InChI=1S/C54H32N6/c1-4-15-38-33(11-1)26-30-57-52(38)51-49(46-23-22-34-12-2-7-19-43(34)59-46)50-48(35-24-28-55-29-25-35)47(37-14-10-27-56-32-37)39-16-5-6-17-40(39)53(50)60-54(51)41-18-9-21-45-42(41)31-36-13-3-8-20-44(36)58-45/h1-32H. The second-order valence-electron chi connectivity index (χ2n) is 15.0. The van der Waals surface area contributed by atoms with E-state index in [1.54, 1.807) is 0 Å². The van der Waals surface area contributed by atoms with Crippen LogP contribution >= 0.6 is 0 Å². The van der Waals surface area contributed by atoms with Crippen LogP contribution in [0.5, 0.6) is 0 Å². The number of hydrogen-bond donors (Lipinski definition) is 0. The van der Waals surface area contributed by atoms with Crippen LogP contribution in [-0.2, 0) is 0 Å². The van der Waals surface area contributed by atoms with Gasteiger partial charge in [-0.15, -0.1) is 0 Å². The Labute approximate surface area is 344 Å². The van der Waals surface area contributed by atoms with Crippen molar-refractivity contribution in [2.24, 2.45) is 0 Å². The number of fused-ring (bicyclic) bond motifs is 7. The van der Waals surface area contributed by atoms with E-state index in [1.165, 1.54) is 0 Å². The second-order valence-corrected chi connectivity index (χ2v) is 15.0. The molecule has 0 bridgehead atoms. The molecule has 0 saturated heterocycles. The fourth-order valence-corrected chi connectivity index (χ4v) is 9.02. The third kappa shape index (κ3) is 5.35. The third-order valence-electron chi connectivity index (χ3n) is 11.6. The summed E-state index contributed by atoms with van der Waals surface area (Å²) in [4.78, 5) is 31.0. The van der Waals surface area contributed by atoms with Gasteiger partial charge in [0.1, 0.15) is 0 Å². The molecule has 12 rings (SSSR count). The van der Waals surface area contributed by atoms with Gasteiger partial charge in [0.25, 0.3) is 0 Å². The molecule has 0 aliphatic rings. The summed E-state index contributed by atoms with van der Waals surface area (Å²) in [6, 6.07) is 57.0. The molecule has 0 radical (unpaired) electrons. The zero-order valence-electron chi connectivity index (χ0n) is 32.2. The minimum absolute atomic E-state index is 0.805. The first-order chi connectivity index (χ1) is 29.8. The molecule has 0 atom stereocenters. The van der Waals surface area contributed by atoms with Crippen molar-refractivity contribution in [2.45, 2.75) is 0 Å². The van der Waals surface area contributed by atoms with Gasteiger partial charge in [0, 0.05) is 91.1 Å². The Bertz CT molecular complexity index is 3660. The first kappa shape index (κ1) is 33.9. The van der Waals surface area contributed by atoms with Gasteiger partial charge in [0.2, 0.25) is 0 Å². The van der Waals surface area contributed by atoms with Gasteiger partial charge in [0.15, 0.2) is 0 Å². The van der Waals surface area contributed by atoms with E-state index in [-0.39, 0.29) is 0 Å². The molecule has 0 unspecified atom stereocenters.